The smallest absolute Gasteiger partial charge is 0.316 e. The first-order chi connectivity index (χ1) is 16.0. The summed E-state index contributed by atoms with van der Waals surface area (Å²) in [7, 11) is 0. The number of carbonyl (C=O) groups is 2. The van der Waals surface area contributed by atoms with E-state index in [1.54, 1.807) is 11.8 Å². The molecule has 3 aliphatic carbocycles. The molecule has 3 aliphatic rings. The van der Waals surface area contributed by atoms with Gasteiger partial charge < -0.3 is 14.7 Å². The van der Waals surface area contributed by atoms with Gasteiger partial charge in [-0.3, -0.25) is 9.59 Å². The van der Waals surface area contributed by atoms with Crippen LogP contribution in [0.1, 0.15) is 73.6 Å². The number of nitrogens with zero attached hydrogens (tertiary/aromatic N) is 1. The predicted molar refractivity (Wildman–Crippen MR) is 140 cm³/mol. The van der Waals surface area contributed by atoms with Crippen molar-refractivity contribution in [2.45, 2.75) is 85.9 Å². The minimum absolute atomic E-state index is 0.00828. The number of rotatable bonds is 9. The van der Waals surface area contributed by atoms with Gasteiger partial charge in [-0.05, 0) is 56.0 Å². The summed E-state index contributed by atoms with van der Waals surface area (Å²) in [6.07, 6.45) is 4.64. The third-order valence-electron chi connectivity index (χ3n) is 10.2. The molecular formula is C28H47NO4S. The molecule has 3 rings (SSSR count). The highest BCUT2D eigenvalue weighted by Gasteiger charge is 2.68. The van der Waals surface area contributed by atoms with Crippen molar-refractivity contribution in [3.63, 3.8) is 0 Å². The van der Waals surface area contributed by atoms with Crippen LogP contribution in [0.5, 0.6) is 0 Å². The first-order valence-electron chi connectivity index (χ1n) is 13.3. The summed E-state index contributed by atoms with van der Waals surface area (Å²) in [5, 5.41) is 11.6. The second kappa shape index (κ2) is 10.6. The Morgan fingerprint density at radius 2 is 1.94 bits per heavy atom. The van der Waals surface area contributed by atoms with Crippen LogP contribution < -0.4 is 0 Å². The van der Waals surface area contributed by atoms with Gasteiger partial charge in [0.05, 0.1) is 11.9 Å². The summed E-state index contributed by atoms with van der Waals surface area (Å²) in [4.78, 5) is 28.9. The van der Waals surface area contributed by atoms with Crippen molar-refractivity contribution >= 4 is 23.5 Å². The standard InChI is InChI=1S/C28H47NO4S/c1-8-26(6)17-22(33-23(31)18-34-16-15-29(9-2)10-3)27(7)19(4)11-13-28(20(5)25(26)32)14-12-21(30)24(27)28/h8,19-20,22,24-25,32H,1,9-18H2,2-7H3/t19?,20-,22+,24?,25-,26+,27-,28-/m0/s1. The Morgan fingerprint density at radius 1 is 1.26 bits per heavy atom. The van der Waals surface area contributed by atoms with E-state index >= 15 is 0 Å². The van der Waals surface area contributed by atoms with Crippen LogP contribution in [-0.4, -0.2) is 65.1 Å². The molecule has 3 saturated carbocycles. The highest BCUT2D eigenvalue weighted by molar-refractivity contribution is 7.99. The van der Waals surface area contributed by atoms with Gasteiger partial charge in [-0.1, -0.05) is 47.6 Å². The van der Waals surface area contributed by atoms with Gasteiger partial charge in [-0.2, -0.15) is 0 Å². The summed E-state index contributed by atoms with van der Waals surface area (Å²) in [6.45, 7) is 20.0. The predicted octanol–water partition coefficient (Wildman–Crippen LogP) is 4.97. The molecule has 2 bridgehead atoms. The van der Waals surface area contributed by atoms with Crippen molar-refractivity contribution in [2.75, 3.05) is 31.1 Å². The molecule has 0 amide bonds. The Labute approximate surface area is 211 Å². The zero-order valence-electron chi connectivity index (χ0n) is 22.3. The Hall–Kier alpha value is -0.850. The number of ketones is 1. The number of esters is 1. The molecule has 3 fully saturated rings. The summed E-state index contributed by atoms with van der Waals surface area (Å²) in [5.41, 5.74) is -1.25. The van der Waals surface area contributed by atoms with Crippen molar-refractivity contribution in [1.29, 1.82) is 0 Å². The summed E-state index contributed by atoms with van der Waals surface area (Å²) in [5.74, 6) is 1.37. The number of aliphatic hydroxyl groups excluding tert-OH is 1. The number of carbonyl (C=O) groups excluding carboxylic acids is 2. The molecule has 0 radical (unpaired) electrons. The van der Waals surface area contributed by atoms with Crippen LogP contribution >= 0.6 is 11.8 Å². The summed E-state index contributed by atoms with van der Waals surface area (Å²) >= 11 is 1.61. The molecule has 0 spiro atoms. The van der Waals surface area contributed by atoms with E-state index in [-0.39, 0.29) is 29.1 Å². The molecule has 1 N–H and O–H groups in total. The molecule has 194 valence electrons. The molecule has 34 heavy (non-hydrogen) atoms. The fraction of sp³-hybridized carbons (Fsp3) is 0.857. The van der Waals surface area contributed by atoms with Crippen LogP contribution in [0.25, 0.3) is 0 Å². The van der Waals surface area contributed by atoms with Gasteiger partial charge in [-0.15, -0.1) is 18.3 Å². The van der Waals surface area contributed by atoms with E-state index in [2.05, 4.69) is 46.1 Å². The highest BCUT2D eigenvalue weighted by atomic mass is 32.2. The first-order valence-corrected chi connectivity index (χ1v) is 14.5. The topological polar surface area (TPSA) is 66.8 Å². The molecule has 0 aliphatic heterocycles. The lowest BCUT2D eigenvalue weighted by molar-refractivity contribution is -0.205. The third-order valence-corrected chi connectivity index (χ3v) is 11.2. The van der Waals surface area contributed by atoms with E-state index in [0.29, 0.717) is 24.4 Å². The van der Waals surface area contributed by atoms with Gasteiger partial charge >= 0.3 is 5.97 Å². The van der Waals surface area contributed by atoms with Gasteiger partial charge in [0.1, 0.15) is 11.9 Å². The van der Waals surface area contributed by atoms with Crippen molar-refractivity contribution in [1.82, 2.24) is 4.90 Å². The van der Waals surface area contributed by atoms with Gasteiger partial charge in [0, 0.05) is 35.5 Å². The lowest BCUT2D eigenvalue weighted by Gasteiger charge is -2.61. The molecule has 6 heteroatoms. The minimum atomic E-state index is -0.624. The Kier molecular flexibility index (Phi) is 8.68. The van der Waals surface area contributed by atoms with Crippen LogP contribution in [0.3, 0.4) is 0 Å². The largest absolute Gasteiger partial charge is 0.461 e. The Balaban J connectivity index is 1.88. The highest BCUT2D eigenvalue weighted by Crippen LogP contribution is 2.67. The zero-order valence-corrected chi connectivity index (χ0v) is 23.1. The molecule has 2 unspecified atom stereocenters. The van der Waals surface area contributed by atoms with Gasteiger partial charge in [0.25, 0.3) is 0 Å². The average molecular weight is 494 g/mol. The number of hydrogen-bond donors (Lipinski definition) is 1. The lowest BCUT2D eigenvalue weighted by Crippen LogP contribution is -2.63. The Morgan fingerprint density at radius 3 is 2.56 bits per heavy atom. The molecule has 5 nitrogen and oxygen atoms in total. The van der Waals surface area contributed by atoms with Crippen LogP contribution in [0.2, 0.25) is 0 Å². The van der Waals surface area contributed by atoms with E-state index < -0.39 is 23.0 Å². The van der Waals surface area contributed by atoms with Crippen LogP contribution in [-0.2, 0) is 14.3 Å². The molecule has 0 aromatic rings. The SMILES string of the molecule is C=C[C@]1(C)C[C@@H](OC(=O)CSCCN(CC)CC)[C@]2(C)C(C)CC[C@]3(CCC(=O)C32)[C@@H](C)[C@@H]1O. The summed E-state index contributed by atoms with van der Waals surface area (Å²) in [6, 6.07) is 0. The molecular weight excluding hydrogens is 446 g/mol. The second-order valence-electron chi connectivity index (χ2n) is 11.6. The van der Waals surface area contributed by atoms with E-state index in [1.807, 2.05) is 13.0 Å². The normalized spacial score (nSPS) is 42.1. The number of ether oxygens (including phenoxy) is 1. The molecule has 0 aromatic heterocycles. The fourth-order valence-corrected chi connectivity index (χ4v) is 8.35. The van der Waals surface area contributed by atoms with Crippen LogP contribution in [0.4, 0.5) is 0 Å². The Bertz CT molecular complexity index is 770. The zero-order chi connectivity index (χ0) is 25.3. The van der Waals surface area contributed by atoms with E-state index in [4.69, 9.17) is 4.74 Å². The van der Waals surface area contributed by atoms with E-state index in [1.165, 1.54) is 0 Å². The minimum Gasteiger partial charge on any atom is -0.461 e. The van der Waals surface area contributed by atoms with Crippen LogP contribution in [0, 0.1) is 34.0 Å². The van der Waals surface area contributed by atoms with Crippen LogP contribution in [0.15, 0.2) is 12.7 Å². The number of Topliss-reactive ketones (excluding diaryl/α,β-unsaturated/α-hetero) is 1. The first kappa shape index (κ1) is 27.7. The maximum atomic E-state index is 13.4. The monoisotopic (exact) mass is 493 g/mol. The molecule has 0 heterocycles. The fourth-order valence-electron chi connectivity index (χ4n) is 7.58. The molecule has 0 saturated heterocycles. The van der Waals surface area contributed by atoms with Gasteiger partial charge in [-0.25, -0.2) is 0 Å². The average Bonchev–Trinajstić information content (AvgIpc) is 3.17. The quantitative estimate of drug-likeness (QED) is 0.278. The molecule has 0 aromatic carbocycles. The molecule has 8 atom stereocenters. The summed E-state index contributed by atoms with van der Waals surface area (Å²) < 4.78 is 6.30. The van der Waals surface area contributed by atoms with E-state index in [9.17, 15) is 14.7 Å². The third kappa shape index (κ3) is 4.64. The van der Waals surface area contributed by atoms with Gasteiger partial charge in [0.2, 0.25) is 0 Å². The number of aliphatic hydroxyl groups is 1. The number of hydrogen-bond acceptors (Lipinski definition) is 6. The lowest BCUT2D eigenvalue weighted by atomic mass is 9.44. The van der Waals surface area contributed by atoms with Crippen molar-refractivity contribution in [3.8, 4) is 0 Å². The maximum absolute atomic E-state index is 13.4. The van der Waals surface area contributed by atoms with Crippen molar-refractivity contribution in [3.05, 3.63) is 12.7 Å². The number of thioether (sulfide) groups is 1. The van der Waals surface area contributed by atoms with E-state index in [0.717, 1.165) is 44.6 Å². The maximum Gasteiger partial charge on any atom is 0.316 e. The second-order valence-corrected chi connectivity index (χ2v) is 12.7. The van der Waals surface area contributed by atoms with Crippen molar-refractivity contribution in [2.24, 2.45) is 34.0 Å². The van der Waals surface area contributed by atoms with Crippen molar-refractivity contribution < 1.29 is 19.4 Å². The van der Waals surface area contributed by atoms with Gasteiger partial charge in [0.15, 0.2) is 0 Å².